The fraction of sp³-hybridized carbons (Fsp3) is 0.346. The molecule has 35 heavy (non-hydrogen) atoms. The number of anilines is 2. The molecule has 0 bridgehead atoms. The lowest BCUT2D eigenvalue weighted by molar-refractivity contribution is -0.113. The van der Waals surface area contributed by atoms with Gasteiger partial charge in [-0.25, -0.2) is 4.68 Å². The molecule has 0 saturated carbocycles. The van der Waals surface area contributed by atoms with Crippen molar-refractivity contribution in [3.8, 4) is 11.5 Å². The minimum atomic E-state index is -0.516. The zero-order valence-electron chi connectivity index (χ0n) is 20.5. The molecule has 4 rings (SSSR count). The molecule has 8 nitrogen and oxygen atoms in total. The Kier molecular flexibility index (Phi) is 7.97. The molecule has 1 aromatic heterocycles. The number of allylic oxidation sites excluding steroid dienone is 1. The summed E-state index contributed by atoms with van der Waals surface area (Å²) in [5.41, 5.74) is 2.71. The topological polar surface area (TPSA) is 90.3 Å². The lowest BCUT2D eigenvalue weighted by Crippen LogP contribution is -2.32. The lowest BCUT2D eigenvalue weighted by Gasteiger charge is -2.29. The monoisotopic (exact) mass is 493 g/mol. The highest BCUT2D eigenvalue weighted by atomic mass is 32.2. The molecule has 184 valence electrons. The van der Waals surface area contributed by atoms with Crippen molar-refractivity contribution in [3.05, 3.63) is 65.4 Å². The lowest BCUT2D eigenvalue weighted by atomic mass is 9.94. The van der Waals surface area contributed by atoms with Gasteiger partial charge >= 0.3 is 0 Å². The zero-order chi connectivity index (χ0) is 24.8. The van der Waals surface area contributed by atoms with Crippen LogP contribution in [-0.2, 0) is 4.79 Å². The van der Waals surface area contributed by atoms with Crippen molar-refractivity contribution in [1.29, 1.82) is 0 Å². The van der Waals surface area contributed by atoms with E-state index in [1.54, 1.807) is 16.4 Å². The van der Waals surface area contributed by atoms with E-state index in [4.69, 9.17) is 14.6 Å². The van der Waals surface area contributed by atoms with E-state index in [0.29, 0.717) is 47.0 Å². The van der Waals surface area contributed by atoms with Gasteiger partial charge in [0.15, 0.2) is 0 Å². The highest BCUT2D eigenvalue weighted by molar-refractivity contribution is 7.99. The minimum absolute atomic E-state index is 0.247. The van der Waals surface area contributed by atoms with E-state index in [0.717, 1.165) is 23.5 Å². The Hall–Kier alpha value is -3.46. The number of nitrogens with one attached hydrogen (secondary N) is 2. The van der Waals surface area contributed by atoms with Crippen LogP contribution in [0.25, 0.3) is 0 Å². The van der Waals surface area contributed by atoms with Crippen LogP contribution in [0.1, 0.15) is 45.7 Å². The summed E-state index contributed by atoms with van der Waals surface area (Å²) in [6.07, 6.45) is 0.878. The normalized spacial score (nSPS) is 14.8. The van der Waals surface area contributed by atoms with Crippen molar-refractivity contribution < 1.29 is 14.3 Å². The van der Waals surface area contributed by atoms with E-state index >= 15 is 0 Å². The maximum Gasteiger partial charge on any atom is 0.255 e. The van der Waals surface area contributed by atoms with Crippen LogP contribution in [0.15, 0.2) is 65.0 Å². The summed E-state index contributed by atoms with van der Waals surface area (Å²) in [5, 5.41) is 11.7. The van der Waals surface area contributed by atoms with Gasteiger partial charge in [0.1, 0.15) is 17.5 Å². The number of carbonyl (C=O) groups excluding carboxylic acids is 1. The van der Waals surface area contributed by atoms with Gasteiger partial charge in [0, 0.05) is 11.3 Å². The molecule has 3 aromatic rings. The van der Waals surface area contributed by atoms with Gasteiger partial charge in [0.25, 0.3) is 5.91 Å². The molecule has 0 spiro atoms. The van der Waals surface area contributed by atoms with Gasteiger partial charge in [0.05, 0.1) is 24.5 Å². The molecule has 2 aromatic carbocycles. The number of carbonyl (C=O) groups is 1. The van der Waals surface area contributed by atoms with Crippen LogP contribution in [-0.4, -0.2) is 39.6 Å². The number of hydrogen-bond donors (Lipinski definition) is 2. The van der Waals surface area contributed by atoms with Crippen molar-refractivity contribution in [2.75, 3.05) is 29.6 Å². The van der Waals surface area contributed by atoms with Crippen molar-refractivity contribution in [3.63, 3.8) is 0 Å². The SMILES string of the molecule is CCCOc1ccccc1C1C(C(=O)Nc2ccccc2OCC)=C(C)Nc2nc(SCC)nn21. The van der Waals surface area contributed by atoms with Crippen molar-refractivity contribution >= 4 is 29.3 Å². The summed E-state index contributed by atoms with van der Waals surface area (Å²) in [4.78, 5) is 18.5. The molecular formula is C26H31N5O3S. The van der Waals surface area contributed by atoms with Crippen LogP contribution >= 0.6 is 11.8 Å². The number of hydrogen-bond acceptors (Lipinski definition) is 7. The van der Waals surface area contributed by atoms with Gasteiger partial charge in [-0.15, -0.1) is 5.10 Å². The Bertz CT molecular complexity index is 1220. The first-order valence-electron chi connectivity index (χ1n) is 11.9. The van der Waals surface area contributed by atoms with Crippen LogP contribution in [0.4, 0.5) is 11.6 Å². The molecule has 0 radical (unpaired) electrons. The van der Waals surface area contributed by atoms with E-state index in [2.05, 4.69) is 29.5 Å². The van der Waals surface area contributed by atoms with Crippen LogP contribution < -0.4 is 20.1 Å². The second-order valence-electron chi connectivity index (χ2n) is 7.93. The van der Waals surface area contributed by atoms with Gasteiger partial charge < -0.3 is 20.1 Å². The number of nitrogens with zero attached hydrogens (tertiary/aromatic N) is 3. The summed E-state index contributed by atoms with van der Waals surface area (Å²) in [6.45, 7) is 9.00. The highest BCUT2D eigenvalue weighted by Crippen LogP contribution is 2.40. The van der Waals surface area contributed by atoms with E-state index in [1.165, 1.54) is 0 Å². The van der Waals surface area contributed by atoms with Gasteiger partial charge in [-0.1, -0.05) is 55.9 Å². The largest absolute Gasteiger partial charge is 0.493 e. The van der Waals surface area contributed by atoms with E-state index in [-0.39, 0.29) is 5.91 Å². The van der Waals surface area contributed by atoms with Gasteiger partial charge in [-0.05, 0) is 44.2 Å². The summed E-state index contributed by atoms with van der Waals surface area (Å²) in [6, 6.07) is 14.7. The highest BCUT2D eigenvalue weighted by Gasteiger charge is 2.36. The number of thioether (sulfide) groups is 1. The van der Waals surface area contributed by atoms with Crippen molar-refractivity contribution in [2.45, 2.75) is 45.3 Å². The van der Waals surface area contributed by atoms with Crippen LogP contribution in [0.3, 0.4) is 0 Å². The molecule has 0 saturated heterocycles. The molecule has 9 heteroatoms. The molecule has 0 fully saturated rings. The summed E-state index contributed by atoms with van der Waals surface area (Å²) < 4.78 is 13.6. The smallest absolute Gasteiger partial charge is 0.255 e. The summed E-state index contributed by atoms with van der Waals surface area (Å²) in [5.74, 6) is 2.54. The van der Waals surface area contributed by atoms with Crippen molar-refractivity contribution in [2.24, 2.45) is 0 Å². The predicted molar refractivity (Wildman–Crippen MR) is 139 cm³/mol. The Morgan fingerprint density at radius 3 is 2.57 bits per heavy atom. The van der Waals surface area contributed by atoms with Crippen molar-refractivity contribution in [1.82, 2.24) is 14.8 Å². The van der Waals surface area contributed by atoms with Crippen LogP contribution in [0.2, 0.25) is 0 Å². The Morgan fingerprint density at radius 2 is 1.83 bits per heavy atom. The van der Waals surface area contributed by atoms with E-state index < -0.39 is 6.04 Å². The first-order chi connectivity index (χ1) is 17.1. The number of amides is 1. The molecule has 1 atom stereocenters. The molecular weight excluding hydrogens is 462 g/mol. The zero-order valence-corrected chi connectivity index (χ0v) is 21.3. The quantitative estimate of drug-likeness (QED) is 0.360. The molecule has 2 heterocycles. The Morgan fingerprint density at radius 1 is 1.09 bits per heavy atom. The molecule has 1 aliphatic heterocycles. The Balaban J connectivity index is 1.79. The third-order valence-electron chi connectivity index (χ3n) is 5.46. The number of para-hydroxylation sites is 3. The van der Waals surface area contributed by atoms with E-state index in [1.807, 2.05) is 62.4 Å². The molecule has 1 aliphatic rings. The molecule has 1 unspecified atom stereocenters. The van der Waals surface area contributed by atoms with Gasteiger partial charge in [-0.3, -0.25) is 4.79 Å². The molecule has 0 aliphatic carbocycles. The number of fused-ring (bicyclic) bond motifs is 1. The first-order valence-corrected chi connectivity index (χ1v) is 12.9. The first kappa shape index (κ1) is 24.7. The summed E-state index contributed by atoms with van der Waals surface area (Å²) in [7, 11) is 0. The van der Waals surface area contributed by atoms with Gasteiger partial charge in [0.2, 0.25) is 11.1 Å². The number of aromatic nitrogens is 3. The second-order valence-corrected chi connectivity index (χ2v) is 9.16. The maximum atomic E-state index is 13.8. The third kappa shape index (κ3) is 5.30. The van der Waals surface area contributed by atoms with Crippen LogP contribution in [0, 0.1) is 0 Å². The van der Waals surface area contributed by atoms with Crippen LogP contribution in [0.5, 0.6) is 11.5 Å². The second kappa shape index (κ2) is 11.3. The maximum absolute atomic E-state index is 13.8. The third-order valence-corrected chi connectivity index (χ3v) is 6.18. The average molecular weight is 494 g/mol. The number of benzene rings is 2. The fourth-order valence-corrected chi connectivity index (χ4v) is 4.55. The number of rotatable bonds is 10. The molecule has 1 amide bonds. The summed E-state index contributed by atoms with van der Waals surface area (Å²) >= 11 is 1.56. The standard InChI is InChI=1S/C26H31N5O3S/c1-5-16-34-20-14-10-8-12-18(20)23-22(17(4)27-25-29-26(35-7-3)30-31(23)25)24(32)28-19-13-9-11-15-21(19)33-6-2/h8-15,23H,5-7,16H2,1-4H3,(H,28,32)(H,27,29,30). The predicted octanol–water partition coefficient (Wildman–Crippen LogP) is 5.51. The van der Waals surface area contributed by atoms with Gasteiger partial charge in [-0.2, -0.15) is 4.98 Å². The Labute approximate surface area is 210 Å². The van der Waals surface area contributed by atoms with E-state index in [9.17, 15) is 4.79 Å². The minimum Gasteiger partial charge on any atom is -0.493 e. The molecule has 2 N–H and O–H groups in total. The number of ether oxygens (including phenoxy) is 2. The fourth-order valence-electron chi connectivity index (χ4n) is 3.99. The average Bonchev–Trinajstić information content (AvgIpc) is 3.25.